The van der Waals surface area contributed by atoms with Crippen LogP contribution >= 0.6 is 0 Å². The fourth-order valence-corrected chi connectivity index (χ4v) is 2.17. The smallest absolute Gasteiger partial charge is 0.227 e. The van der Waals surface area contributed by atoms with Gasteiger partial charge in [-0.25, -0.2) is 0 Å². The van der Waals surface area contributed by atoms with E-state index < -0.39 is 0 Å². The number of amides is 2. The summed E-state index contributed by atoms with van der Waals surface area (Å²) in [4.78, 5) is 27.6. The largest absolute Gasteiger partial charge is 0.494 e. The number of aryl methyl sites for hydroxylation is 1. The minimum atomic E-state index is -0.200. The Labute approximate surface area is 152 Å². The van der Waals surface area contributed by atoms with Crippen LogP contribution in [0, 0.1) is 0 Å². The molecule has 1 heterocycles. The van der Waals surface area contributed by atoms with Gasteiger partial charge in [-0.2, -0.15) is 4.98 Å². The number of nitrogens with zero attached hydrogens (tertiary/aromatic N) is 2. The summed E-state index contributed by atoms with van der Waals surface area (Å²) in [7, 11) is 1.49. The topological polar surface area (TPSA) is 106 Å². The van der Waals surface area contributed by atoms with Crippen LogP contribution in [0.3, 0.4) is 0 Å². The molecule has 0 saturated carbocycles. The Balaban J connectivity index is 1.95. The molecule has 0 atom stereocenters. The predicted molar refractivity (Wildman–Crippen MR) is 97.2 cm³/mol. The van der Waals surface area contributed by atoms with Crippen molar-refractivity contribution in [2.24, 2.45) is 0 Å². The first-order valence-corrected chi connectivity index (χ1v) is 8.27. The molecule has 26 heavy (non-hydrogen) atoms. The van der Waals surface area contributed by atoms with Crippen molar-refractivity contribution < 1.29 is 18.8 Å². The van der Waals surface area contributed by atoms with Gasteiger partial charge >= 0.3 is 0 Å². The summed E-state index contributed by atoms with van der Waals surface area (Å²) in [5.41, 5.74) is 0.913. The summed E-state index contributed by atoms with van der Waals surface area (Å²) < 4.78 is 10.4. The molecular weight excluding hydrogens is 336 g/mol. The van der Waals surface area contributed by atoms with Gasteiger partial charge in [0.2, 0.25) is 17.7 Å². The molecule has 140 valence electrons. The third kappa shape index (κ3) is 5.30. The van der Waals surface area contributed by atoms with Crippen molar-refractivity contribution >= 4 is 23.2 Å². The van der Waals surface area contributed by atoms with Gasteiger partial charge in [0.25, 0.3) is 0 Å². The van der Waals surface area contributed by atoms with Gasteiger partial charge in [-0.1, -0.05) is 25.9 Å². The van der Waals surface area contributed by atoms with Crippen LogP contribution in [0.25, 0.3) is 0 Å². The number of nitrogens with one attached hydrogen (secondary N) is 2. The molecule has 0 aliphatic heterocycles. The second-order valence-electron chi connectivity index (χ2n) is 6.91. The Morgan fingerprint density at radius 2 is 1.96 bits per heavy atom. The van der Waals surface area contributed by atoms with E-state index >= 15 is 0 Å². The standard InChI is InChI=1S/C18H24N4O4/c1-11(23)19-13-7-6-12(10-14(13)25-5)20-15(24)8-9-16-21-17(22-26-16)18(2,3)4/h6-7,10H,8-9H2,1-5H3,(H,19,23)(H,20,24). The molecule has 8 nitrogen and oxygen atoms in total. The number of carbonyl (C=O) groups is 2. The van der Waals surface area contributed by atoms with Gasteiger partial charge in [0.1, 0.15) is 5.75 Å². The molecule has 2 aromatic rings. The molecule has 0 aliphatic rings. The second kappa shape index (κ2) is 7.99. The summed E-state index contributed by atoms with van der Waals surface area (Å²) in [6, 6.07) is 5.01. The minimum absolute atomic E-state index is 0.185. The first kappa shape index (κ1) is 19.4. The Hall–Kier alpha value is -2.90. The van der Waals surface area contributed by atoms with E-state index in [1.165, 1.54) is 14.0 Å². The molecule has 2 amide bonds. The second-order valence-corrected chi connectivity index (χ2v) is 6.91. The van der Waals surface area contributed by atoms with Gasteiger partial charge in [0.05, 0.1) is 12.8 Å². The van der Waals surface area contributed by atoms with Crippen LogP contribution in [0.1, 0.15) is 45.8 Å². The molecule has 0 aliphatic carbocycles. The zero-order chi connectivity index (χ0) is 19.3. The van der Waals surface area contributed by atoms with Crippen LogP contribution in [-0.4, -0.2) is 29.1 Å². The molecule has 0 bridgehead atoms. The molecule has 2 N–H and O–H groups in total. The van der Waals surface area contributed by atoms with Crippen molar-refractivity contribution in [3.05, 3.63) is 29.9 Å². The van der Waals surface area contributed by atoms with Gasteiger partial charge in [-0.15, -0.1) is 0 Å². The number of ether oxygens (including phenoxy) is 1. The average molecular weight is 360 g/mol. The highest BCUT2D eigenvalue weighted by Gasteiger charge is 2.21. The third-order valence-corrected chi connectivity index (χ3v) is 3.50. The number of aromatic nitrogens is 2. The predicted octanol–water partition coefficient (Wildman–Crippen LogP) is 2.91. The van der Waals surface area contributed by atoms with Crippen molar-refractivity contribution in [1.82, 2.24) is 10.1 Å². The van der Waals surface area contributed by atoms with E-state index in [1.807, 2.05) is 20.8 Å². The summed E-state index contributed by atoms with van der Waals surface area (Å²) >= 11 is 0. The molecule has 1 aromatic carbocycles. The van der Waals surface area contributed by atoms with E-state index in [0.717, 1.165) is 0 Å². The molecule has 0 unspecified atom stereocenters. The van der Waals surface area contributed by atoms with E-state index in [2.05, 4.69) is 20.8 Å². The summed E-state index contributed by atoms with van der Waals surface area (Å²) in [5.74, 6) is 1.13. The first-order valence-electron chi connectivity index (χ1n) is 8.27. The Kier molecular flexibility index (Phi) is 5.97. The zero-order valence-electron chi connectivity index (χ0n) is 15.7. The maximum absolute atomic E-state index is 12.1. The van der Waals surface area contributed by atoms with E-state index in [-0.39, 0.29) is 23.7 Å². The van der Waals surface area contributed by atoms with Crippen molar-refractivity contribution in [1.29, 1.82) is 0 Å². The van der Waals surface area contributed by atoms with Crippen molar-refractivity contribution in [3.63, 3.8) is 0 Å². The lowest BCUT2D eigenvalue weighted by atomic mass is 9.96. The number of hydrogen-bond acceptors (Lipinski definition) is 6. The van der Waals surface area contributed by atoms with E-state index in [0.29, 0.717) is 35.3 Å². The van der Waals surface area contributed by atoms with Crippen LogP contribution in [-0.2, 0) is 21.4 Å². The fraction of sp³-hybridized carbons (Fsp3) is 0.444. The monoisotopic (exact) mass is 360 g/mol. The number of hydrogen-bond donors (Lipinski definition) is 2. The van der Waals surface area contributed by atoms with Crippen LogP contribution in [0.4, 0.5) is 11.4 Å². The van der Waals surface area contributed by atoms with Gasteiger partial charge in [-0.3, -0.25) is 9.59 Å². The molecule has 2 rings (SSSR count). The van der Waals surface area contributed by atoms with Crippen molar-refractivity contribution in [2.45, 2.75) is 46.0 Å². The van der Waals surface area contributed by atoms with Gasteiger partial charge in [0.15, 0.2) is 5.82 Å². The van der Waals surface area contributed by atoms with E-state index in [9.17, 15) is 9.59 Å². The maximum atomic E-state index is 12.1. The maximum Gasteiger partial charge on any atom is 0.227 e. The number of anilines is 2. The van der Waals surface area contributed by atoms with Crippen LogP contribution in [0.5, 0.6) is 5.75 Å². The van der Waals surface area contributed by atoms with Gasteiger partial charge < -0.3 is 19.9 Å². The Morgan fingerprint density at radius 1 is 1.23 bits per heavy atom. The summed E-state index contributed by atoms with van der Waals surface area (Å²) in [6.07, 6.45) is 0.567. The lowest BCUT2D eigenvalue weighted by Gasteiger charge is -2.11. The molecule has 0 saturated heterocycles. The van der Waals surface area contributed by atoms with Crippen LogP contribution < -0.4 is 15.4 Å². The zero-order valence-corrected chi connectivity index (χ0v) is 15.7. The highest BCUT2D eigenvalue weighted by Crippen LogP contribution is 2.28. The highest BCUT2D eigenvalue weighted by molar-refractivity contribution is 5.93. The normalized spacial score (nSPS) is 11.1. The van der Waals surface area contributed by atoms with Crippen molar-refractivity contribution in [2.75, 3.05) is 17.7 Å². The Morgan fingerprint density at radius 3 is 2.54 bits per heavy atom. The third-order valence-electron chi connectivity index (χ3n) is 3.50. The number of methoxy groups -OCH3 is 1. The van der Waals surface area contributed by atoms with Gasteiger partial charge in [0, 0.05) is 36.9 Å². The molecule has 8 heteroatoms. The molecule has 1 aromatic heterocycles. The van der Waals surface area contributed by atoms with Gasteiger partial charge in [-0.05, 0) is 12.1 Å². The van der Waals surface area contributed by atoms with Crippen LogP contribution in [0.15, 0.2) is 22.7 Å². The summed E-state index contributed by atoms with van der Waals surface area (Å²) in [5, 5.41) is 9.38. The lowest BCUT2D eigenvalue weighted by molar-refractivity contribution is -0.116. The molecule has 0 radical (unpaired) electrons. The lowest BCUT2D eigenvalue weighted by Crippen LogP contribution is -2.14. The number of carbonyl (C=O) groups excluding carboxylic acids is 2. The molecule has 0 spiro atoms. The van der Waals surface area contributed by atoms with E-state index in [1.54, 1.807) is 18.2 Å². The number of rotatable bonds is 6. The number of benzene rings is 1. The minimum Gasteiger partial charge on any atom is -0.494 e. The van der Waals surface area contributed by atoms with Crippen LogP contribution in [0.2, 0.25) is 0 Å². The first-order chi connectivity index (χ1) is 12.2. The molecular formula is C18H24N4O4. The quantitative estimate of drug-likeness (QED) is 0.820. The van der Waals surface area contributed by atoms with E-state index in [4.69, 9.17) is 9.26 Å². The Bertz CT molecular complexity index is 793. The highest BCUT2D eigenvalue weighted by atomic mass is 16.5. The average Bonchev–Trinajstić information content (AvgIpc) is 3.03. The fourth-order valence-electron chi connectivity index (χ4n) is 2.17. The SMILES string of the molecule is COc1cc(NC(=O)CCc2nc(C(C)(C)C)no2)ccc1NC(C)=O. The summed E-state index contributed by atoms with van der Waals surface area (Å²) in [6.45, 7) is 7.39. The van der Waals surface area contributed by atoms with Crippen molar-refractivity contribution in [3.8, 4) is 5.75 Å². The molecule has 0 fully saturated rings.